The van der Waals surface area contributed by atoms with Crippen molar-refractivity contribution in [2.75, 3.05) is 11.5 Å². The van der Waals surface area contributed by atoms with Gasteiger partial charge in [0.15, 0.2) is 11.0 Å². The number of fused-ring (bicyclic) bond motifs is 1. The minimum Gasteiger partial charge on any atom is -0.358 e. The van der Waals surface area contributed by atoms with Gasteiger partial charge in [0.05, 0.1) is 16.7 Å². The van der Waals surface area contributed by atoms with Gasteiger partial charge in [-0.15, -0.1) is 23.5 Å². The van der Waals surface area contributed by atoms with Gasteiger partial charge in [-0.05, 0) is 60.0 Å². The molecule has 3 heterocycles. The fourth-order valence-electron chi connectivity index (χ4n) is 3.76. The lowest BCUT2D eigenvalue weighted by molar-refractivity contribution is -0.392. The van der Waals surface area contributed by atoms with Crippen molar-refractivity contribution in [3.8, 4) is 0 Å². The summed E-state index contributed by atoms with van der Waals surface area (Å²) in [5.41, 5.74) is 4.31. The second kappa shape index (κ2) is 12.0. The van der Waals surface area contributed by atoms with E-state index in [1.165, 1.54) is 16.7 Å². The highest BCUT2D eigenvalue weighted by Gasteiger charge is 2.25. The number of nitro groups is 1. The van der Waals surface area contributed by atoms with Gasteiger partial charge in [0, 0.05) is 23.8 Å². The zero-order valence-corrected chi connectivity index (χ0v) is 22.4. The molecule has 1 unspecified atom stereocenters. The van der Waals surface area contributed by atoms with Gasteiger partial charge in [0.1, 0.15) is 11.6 Å². The van der Waals surface area contributed by atoms with Crippen LogP contribution in [0.15, 0.2) is 52.8 Å². The molecule has 0 fully saturated rings. The number of imidazole rings is 2. The van der Waals surface area contributed by atoms with Crippen LogP contribution in [-0.4, -0.2) is 40.9 Å². The van der Waals surface area contributed by atoms with Crippen LogP contribution in [0, 0.1) is 24.0 Å². The zero-order valence-electron chi connectivity index (χ0n) is 19.9. The molecular formula is C24H28N6O2S3. The molecule has 0 aliphatic rings. The molecule has 0 spiro atoms. The van der Waals surface area contributed by atoms with Crippen LogP contribution in [0.2, 0.25) is 0 Å². The highest BCUT2D eigenvalue weighted by atomic mass is 32.2. The number of aryl methyl sites for hydroxylation is 1. The summed E-state index contributed by atoms with van der Waals surface area (Å²) in [7, 11) is 0. The number of nitrogens with one attached hydrogen (secondary N) is 1. The molecule has 1 atom stereocenters. The van der Waals surface area contributed by atoms with Gasteiger partial charge in [-0.2, -0.15) is 4.57 Å². The van der Waals surface area contributed by atoms with E-state index in [9.17, 15) is 10.1 Å². The molecule has 8 nitrogen and oxygen atoms in total. The summed E-state index contributed by atoms with van der Waals surface area (Å²) in [6, 6.07) is 10.1. The van der Waals surface area contributed by atoms with Gasteiger partial charge in [0.25, 0.3) is 0 Å². The molecule has 0 aliphatic heterocycles. The average molecular weight is 529 g/mol. The Kier molecular flexibility index (Phi) is 8.74. The first-order valence-electron chi connectivity index (χ1n) is 11.4. The molecule has 1 N–H and O–H groups in total. The molecule has 0 aliphatic carbocycles. The standard InChI is InChI=1S/C24H28N6O2S3/c1-4-23(29-17(3)26-14-22(29)30(31)32)34-13-7-12-33-21-10-11-25-20(16(21)2)15-35-24-27-18-8-5-6-9-19(18)28-24/h5-6,8-11,14,23H,4,7,12-13,15H2,1-3H3,(H,27,28). The molecule has 3 aromatic heterocycles. The lowest BCUT2D eigenvalue weighted by Gasteiger charge is -2.14. The molecule has 1 aromatic carbocycles. The van der Waals surface area contributed by atoms with Crippen LogP contribution in [0.3, 0.4) is 0 Å². The fourth-order valence-corrected chi connectivity index (χ4v) is 7.08. The van der Waals surface area contributed by atoms with Gasteiger partial charge < -0.3 is 15.1 Å². The van der Waals surface area contributed by atoms with Gasteiger partial charge in [0.2, 0.25) is 0 Å². The summed E-state index contributed by atoms with van der Waals surface area (Å²) in [5, 5.41) is 12.3. The van der Waals surface area contributed by atoms with Crippen molar-refractivity contribution < 1.29 is 4.92 Å². The van der Waals surface area contributed by atoms with Gasteiger partial charge >= 0.3 is 5.82 Å². The molecule has 35 heavy (non-hydrogen) atoms. The van der Waals surface area contributed by atoms with Gasteiger partial charge in [-0.25, -0.2) is 9.97 Å². The van der Waals surface area contributed by atoms with Gasteiger partial charge in [-0.3, -0.25) is 4.98 Å². The summed E-state index contributed by atoms with van der Waals surface area (Å²) in [5.74, 6) is 3.42. The smallest absolute Gasteiger partial charge is 0.343 e. The first-order valence-corrected chi connectivity index (χ1v) is 14.4. The second-order valence-corrected chi connectivity index (χ2v) is 11.3. The molecule has 184 valence electrons. The summed E-state index contributed by atoms with van der Waals surface area (Å²) in [4.78, 5) is 29.0. The molecule has 0 saturated carbocycles. The fraction of sp³-hybridized carbons (Fsp3) is 0.375. The van der Waals surface area contributed by atoms with E-state index in [4.69, 9.17) is 0 Å². The van der Waals surface area contributed by atoms with E-state index in [1.807, 2.05) is 49.1 Å². The molecular weight excluding hydrogens is 501 g/mol. The first-order chi connectivity index (χ1) is 17.0. The zero-order chi connectivity index (χ0) is 24.8. The number of H-pyrrole nitrogens is 1. The van der Waals surface area contributed by atoms with Crippen LogP contribution < -0.4 is 0 Å². The van der Waals surface area contributed by atoms with Crippen molar-refractivity contribution in [2.24, 2.45) is 0 Å². The van der Waals surface area contributed by atoms with E-state index in [-0.39, 0.29) is 16.1 Å². The highest BCUT2D eigenvalue weighted by molar-refractivity contribution is 8.00. The summed E-state index contributed by atoms with van der Waals surface area (Å²) < 4.78 is 1.75. The third-order valence-corrected chi connectivity index (χ3v) is 9.20. The number of rotatable bonds is 12. The Morgan fingerprint density at radius 1 is 1.14 bits per heavy atom. The second-order valence-electron chi connectivity index (χ2n) is 7.95. The number of aromatic nitrogens is 5. The van der Waals surface area contributed by atoms with Crippen LogP contribution in [0.5, 0.6) is 0 Å². The van der Waals surface area contributed by atoms with Crippen LogP contribution in [0.4, 0.5) is 5.82 Å². The molecule has 0 radical (unpaired) electrons. The summed E-state index contributed by atoms with van der Waals surface area (Å²) in [6.45, 7) is 6.01. The first kappa shape index (κ1) is 25.6. The van der Waals surface area contributed by atoms with E-state index < -0.39 is 0 Å². The van der Waals surface area contributed by atoms with Crippen LogP contribution >= 0.6 is 35.3 Å². The maximum absolute atomic E-state index is 11.3. The number of hydrogen-bond donors (Lipinski definition) is 1. The normalized spacial score (nSPS) is 12.3. The predicted molar refractivity (Wildman–Crippen MR) is 145 cm³/mol. The van der Waals surface area contributed by atoms with Crippen LogP contribution in [0.25, 0.3) is 11.0 Å². The Labute approximate surface area is 217 Å². The number of nitrogens with zero attached hydrogens (tertiary/aromatic N) is 5. The van der Waals surface area contributed by atoms with Gasteiger partial charge in [-0.1, -0.05) is 30.8 Å². The average Bonchev–Trinajstić information content (AvgIpc) is 3.45. The number of aromatic amines is 1. The van der Waals surface area contributed by atoms with Crippen molar-refractivity contribution in [1.82, 2.24) is 24.5 Å². The third-order valence-electron chi connectivity index (χ3n) is 5.62. The number of pyridine rings is 1. The molecule has 0 amide bonds. The van der Waals surface area contributed by atoms with Crippen molar-refractivity contribution in [3.05, 3.63) is 69.9 Å². The van der Waals surface area contributed by atoms with E-state index in [0.717, 1.165) is 52.0 Å². The predicted octanol–water partition coefficient (Wildman–Crippen LogP) is 6.80. The molecule has 4 rings (SSSR count). The molecule has 0 bridgehead atoms. The van der Waals surface area contributed by atoms with E-state index in [2.05, 4.69) is 39.8 Å². The topological polar surface area (TPSA) is 103 Å². The van der Waals surface area contributed by atoms with Crippen molar-refractivity contribution >= 4 is 52.1 Å². The third kappa shape index (κ3) is 6.20. The minimum atomic E-state index is -0.352. The SMILES string of the molecule is CCC(SCCCSc1ccnc(CSc2nc3ccccc3[nH]2)c1C)n1c([N+](=O)[O-])cnc1C. The minimum absolute atomic E-state index is 0.0208. The lowest BCUT2D eigenvalue weighted by Crippen LogP contribution is -2.10. The lowest BCUT2D eigenvalue weighted by atomic mass is 10.2. The van der Waals surface area contributed by atoms with Crippen LogP contribution in [-0.2, 0) is 5.75 Å². The van der Waals surface area contributed by atoms with Crippen molar-refractivity contribution in [3.63, 3.8) is 0 Å². The largest absolute Gasteiger partial charge is 0.358 e. The Hall–Kier alpha value is -2.50. The number of thioether (sulfide) groups is 3. The monoisotopic (exact) mass is 528 g/mol. The summed E-state index contributed by atoms with van der Waals surface area (Å²) in [6.07, 6.45) is 5.06. The Morgan fingerprint density at radius 3 is 2.74 bits per heavy atom. The Morgan fingerprint density at radius 2 is 1.97 bits per heavy atom. The van der Waals surface area contributed by atoms with Crippen LogP contribution in [0.1, 0.15) is 42.2 Å². The maximum atomic E-state index is 11.3. The van der Waals surface area contributed by atoms with Crippen molar-refractivity contribution in [1.29, 1.82) is 0 Å². The highest BCUT2D eigenvalue weighted by Crippen LogP contribution is 2.33. The maximum Gasteiger partial charge on any atom is 0.343 e. The molecule has 0 saturated heterocycles. The molecule has 4 aromatic rings. The van der Waals surface area contributed by atoms with Crippen molar-refractivity contribution in [2.45, 2.75) is 54.8 Å². The van der Waals surface area contributed by atoms with E-state index >= 15 is 0 Å². The number of benzene rings is 1. The Balaban J connectivity index is 1.28. The van der Waals surface area contributed by atoms with E-state index in [0.29, 0.717) is 5.82 Å². The number of hydrogen-bond acceptors (Lipinski definition) is 8. The molecule has 11 heteroatoms. The van der Waals surface area contributed by atoms with E-state index in [1.54, 1.807) is 28.1 Å². The Bertz CT molecular complexity index is 1270. The number of para-hydroxylation sites is 2. The quantitative estimate of drug-likeness (QED) is 0.0927. The summed E-state index contributed by atoms with van der Waals surface area (Å²) >= 11 is 5.26.